The van der Waals surface area contributed by atoms with Gasteiger partial charge in [-0.15, -0.1) is 0 Å². The predicted molar refractivity (Wildman–Crippen MR) is 78.9 cm³/mol. The Balaban J connectivity index is 1.52. The second-order valence-corrected chi connectivity index (χ2v) is 6.63. The van der Waals surface area contributed by atoms with Gasteiger partial charge in [0.15, 0.2) is 0 Å². The molecule has 0 spiro atoms. The summed E-state index contributed by atoms with van der Waals surface area (Å²) in [4.78, 5) is 2.66. The van der Waals surface area contributed by atoms with Crippen LogP contribution in [0.4, 0.5) is 0 Å². The minimum Gasteiger partial charge on any atom is -0.316 e. The molecule has 0 bridgehead atoms. The highest BCUT2D eigenvalue weighted by atomic mass is 15.1. The van der Waals surface area contributed by atoms with Crippen molar-refractivity contribution in [3.63, 3.8) is 0 Å². The van der Waals surface area contributed by atoms with E-state index in [1.807, 2.05) is 0 Å². The van der Waals surface area contributed by atoms with Crippen molar-refractivity contribution in [3.8, 4) is 0 Å². The van der Waals surface area contributed by atoms with Gasteiger partial charge in [0.2, 0.25) is 0 Å². The average molecular weight is 252 g/mol. The molecule has 0 radical (unpaired) electrons. The number of piperidine rings is 1. The van der Waals surface area contributed by atoms with Crippen LogP contribution in [0.2, 0.25) is 0 Å². The Morgan fingerprint density at radius 1 is 1.00 bits per heavy atom. The topological polar surface area (TPSA) is 15.3 Å². The Labute approximate surface area is 114 Å². The van der Waals surface area contributed by atoms with Crippen molar-refractivity contribution < 1.29 is 0 Å². The molecule has 0 aromatic heterocycles. The Morgan fingerprint density at radius 2 is 1.67 bits per heavy atom. The fraction of sp³-hybridized carbons (Fsp3) is 1.00. The highest BCUT2D eigenvalue weighted by Gasteiger charge is 2.15. The van der Waals surface area contributed by atoms with Gasteiger partial charge in [-0.25, -0.2) is 0 Å². The molecule has 1 unspecified atom stereocenters. The lowest BCUT2D eigenvalue weighted by atomic mass is 9.89. The molecule has 2 heteroatoms. The Bertz CT molecular complexity index is 205. The third-order valence-corrected chi connectivity index (χ3v) is 4.67. The van der Waals surface area contributed by atoms with Crippen LogP contribution in [0.1, 0.15) is 58.3 Å². The van der Waals surface area contributed by atoms with Crippen LogP contribution in [0.5, 0.6) is 0 Å². The van der Waals surface area contributed by atoms with Gasteiger partial charge in [-0.3, -0.25) is 0 Å². The highest BCUT2D eigenvalue weighted by Crippen LogP contribution is 2.22. The predicted octanol–water partition coefficient (Wildman–Crippen LogP) is 3.28. The lowest BCUT2D eigenvalue weighted by Gasteiger charge is -2.29. The van der Waals surface area contributed by atoms with Gasteiger partial charge in [0.1, 0.15) is 0 Å². The molecule has 1 N–H and O–H groups in total. The van der Waals surface area contributed by atoms with E-state index in [0.717, 1.165) is 11.8 Å². The molecule has 1 heterocycles. The van der Waals surface area contributed by atoms with Gasteiger partial charge in [0.25, 0.3) is 0 Å². The lowest BCUT2D eigenvalue weighted by molar-refractivity contribution is 0.197. The molecule has 1 atom stereocenters. The second kappa shape index (κ2) is 8.16. The molecule has 1 saturated heterocycles. The summed E-state index contributed by atoms with van der Waals surface area (Å²) < 4.78 is 0. The SMILES string of the molecule is CC(CNCC1CCCCC1)CN1CCCCC1. The molecule has 1 aliphatic heterocycles. The first-order valence-corrected chi connectivity index (χ1v) is 8.27. The molecule has 2 rings (SSSR count). The molecule has 2 fully saturated rings. The average Bonchev–Trinajstić information content (AvgIpc) is 2.41. The summed E-state index contributed by atoms with van der Waals surface area (Å²) in [5.41, 5.74) is 0. The van der Waals surface area contributed by atoms with E-state index in [-0.39, 0.29) is 0 Å². The summed E-state index contributed by atoms with van der Waals surface area (Å²) in [6.07, 6.45) is 11.6. The molecule has 0 aromatic rings. The van der Waals surface area contributed by atoms with E-state index in [1.54, 1.807) is 0 Å². The van der Waals surface area contributed by atoms with Gasteiger partial charge < -0.3 is 10.2 Å². The van der Waals surface area contributed by atoms with Crippen molar-refractivity contribution in [2.24, 2.45) is 11.8 Å². The first-order valence-electron chi connectivity index (χ1n) is 8.27. The first-order chi connectivity index (χ1) is 8.84. The van der Waals surface area contributed by atoms with Crippen LogP contribution < -0.4 is 5.32 Å². The van der Waals surface area contributed by atoms with Crippen molar-refractivity contribution in [2.75, 3.05) is 32.7 Å². The van der Waals surface area contributed by atoms with Gasteiger partial charge in [0.05, 0.1) is 0 Å². The molecular weight excluding hydrogens is 220 g/mol. The zero-order valence-corrected chi connectivity index (χ0v) is 12.3. The van der Waals surface area contributed by atoms with Crippen LogP contribution in [0.15, 0.2) is 0 Å². The zero-order chi connectivity index (χ0) is 12.6. The van der Waals surface area contributed by atoms with E-state index in [2.05, 4.69) is 17.1 Å². The maximum atomic E-state index is 3.72. The Morgan fingerprint density at radius 3 is 2.39 bits per heavy atom. The minimum absolute atomic E-state index is 0.812. The smallest absolute Gasteiger partial charge is 0.00191 e. The minimum atomic E-state index is 0.812. The van der Waals surface area contributed by atoms with E-state index in [1.165, 1.54) is 84.1 Å². The zero-order valence-electron chi connectivity index (χ0n) is 12.3. The number of rotatable bonds is 6. The number of hydrogen-bond acceptors (Lipinski definition) is 2. The van der Waals surface area contributed by atoms with Gasteiger partial charge in [-0.2, -0.15) is 0 Å². The number of nitrogens with one attached hydrogen (secondary N) is 1. The van der Waals surface area contributed by atoms with Gasteiger partial charge in [-0.05, 0) is 63.7 Å². The standard InChI is InChI=1S/C16H32N2/c1-15(14-18-10-6-3-7-11-18)12-17-13-16-8-4-2-5-9-16/h15-17H,2-14H2,1H3. The highest BCUT2D eigenvalue weighted by molar-refractivity contribution is 4.71. The molecule has 0 aromatic carbocycles. The molecule has 2 nitrogen and oxygen atoms in total. The van der Waals surface area contributed by atoms with E-state index in [0.29, 0.717) is 0 Å². The summed E-state index contributed by atoms with van der Waals surface area (Å²) in [6.45, 7) is 8.87. The third kappa shape index (κ3) is 5.27. The maximum Gasteiger partial charge on any atom is 0.00191 e. The summed E-state index contributed by atoms with van der Waals surface area (Å²) in [5, 5.41) is 3.72. The first kappa shape index (κ1) is 14.3. The van der Waals surface area contributed by atoms with Crippen LogP contribution in [-0.4, -0.2) is 37.6 Å². The fourth-order valence-corrected chi connectivity index (χ4v) is 3.57. The monoisotopic (exact) mass is 252 g/mol. The Kier molecular flexibility index (Phi) is 6.50. The molecule has 18 heavy (non-hydrogen) atoms. The number of hydrogen-bond donors (Lipinski definition) is 1. The summed E-state index contributed by atoms with van der Waals surface area (Å²) >= 11 is 0. The number of nitrogens with zero attached hydrogens (tertiary/aromatic N) is 1. The normalized spacial score (nSPS) is 25.2. The lowest BCUT2D eigenvalue weighted by Crippen LogP contribution is -2.37. The molecule has 0 amide bonds. The summed E-state index contributed by atoms with van der Waals surface area (Å²) in [6, 6.07) is 0. The van der Waals surface area contributed by atoms with Gasteiger partial charge in [0, 0.05) is 6.54 Å². The quantitative estimate of drug-likeness (QED) is 0.780. The Hall–Kier alpha value is -0.0800. The van der Waals surface area contributed by atoms with Crippen molar-refractivity contribution in [2.45, 2.75) is 58.3 Å². The van der Waals surface area contributed by atoms with E-state index in [4.69, 9.17) is 0 Å². The van der Waals surface area contributed by atoms with E-state index < -0.39 is 0 Å². The summed E-state index contributed by atoms with van der Waals surface area (Å²) in [5.74, 6) is 1.78. The van der Waals surface area contributed by atoms with Crippen molar-refractivity contribution in [3.05, 3.63) is 0 Å². The van der Waals surface area contributed by atoms with Crippen LogP contribution >= 0.6 is 0 Å². The number of likely N-dealkylation sites (tertiary alicyclic amines) is 1. The van der Waals surface area contributed by atoms with E-state index >= 15 is 0 Å². The third-order valence-electron chi connectivity index (χ3n) is 4.67. The van der Waals surface area contributed by atoms with E-state index in [9.17, 15) is 0 Å². The molecule has 2 aliphatic rings. The van der Waals surface area contributed by atoms with Crippen LogP contribution in [0.3, 0.4) is 0 Å². The van der Waals surface area contributed by atoms with Gasteiger partial charge in [-0.1, -0.05) is 32.6 Å². The van der Waals surface area contributed by atoms with Gasteiger partial charge >= 0.3 is 0 Å². The largest absolute Gasteiger partial charge is 0.316 e. The molecule has 1 saturated carbocycles. The second-order valence-electron chi connectivity index (χ2n) is 6.63. The van der Waals surface area contributed by atoms with Crippen LogP contribution in [-0.2, 0) is 0 Å². The maximum absolute atomic E-state index is 3.72. The van der Waals surface area contributed by atoms with Crippen molar-refractivity contribution in [1.82, 2.24) is 10.2 Å². The molecular formula is C16H32N2. The molecule has 1 aliphatic carbocycles. The molecule has 106 valence electrons. The van der Waals surface area contributed by atoms with Crippen LogP contribution in [0.25, 0.3) is 0 Å². The fourth-order valence-electron chi connectivity index (χ4n) is 3.57. The van der Waals surface area contributed by atoms with Crippen LogP contribution in [0, 0.1) is 11.8 Å². The van der Waals surface area contributed by atoms with Crippen molar-refractivity contribution >= 4 is 0 Å². The van der Waals surface area contributed by atoms with Crippen molar-refractivity contribution in [1.29, 1.82) is 0 Å². The summed E-state index contributed by atoms with van der Waals surface area (Å²) in [7, 11) is 0.